The van der Waals surface area contributed by atoms with Crippen LogP contribution in [-0.2, 0) is 17.6 Å². The van der Waals surface area contributed by atoms with Crippen LogP contribution in [0.5, 0.6) is 0 Å². The molecule has 0 amide bonds. The molecule has 1 aromatic carbocycles. The zero-order chi connectivity index (χ0) is 19.9. The molecule has 0 radical (unpaired) electrons. The van der Waals surface area contributed by atoms with Crippen molar-refractivity contribution in [3.05, 3.63) is 59.0 Å². The molecule has 1 aromatic heterocycles. The molecule has 0 saturated carbocycles. The van der Waals surface area contributed by atoms with E-state index in [4.69, 9.17) is 10.5 Å². The van der Waals surface area contributed by atoms with Gasteiger partial charge in [-0.15, -0.1) is 12.4 Å². The average molecular weight is 423 g/mol. The van der Waals surface area contributed by atoms with Gasteiger partial charge in [-0.2, -0.15) is 0 Å². The topological polar surface area (TPSA) is 72.2 Å². The zero-order valence-corrected chi connectivity index (χ0v) is 18.0. The zero-order valence-electron chi connectivity index (χ0n) is 17.2. The van der Waals surface area contributed by atoms with E-state index >= 15 is 0 Å². The lowest BCUT2D eigenvalue weighted by Crippen LogP contribution is -2.33. The van der Waals surface area contributed by atoms with Crippen molar-refractivity contribution in [2.24, 2.45) is 5.92 Å². The lowest BCUT2D eigenvalue weighted by Gasteiger charge is -2.20. The van der Waals surface area contributed by atoms with Crippen LogP contribution in [0.25, 0.3) is 0 Å². The van der Waals surface area contributed by atoms with Gasteiger partial charge >= 0.3 is 0 Å². The van der Waals surface area contributed by atoms with Crippen LogP contribution in [0.4, 0.5) is 10.2 Å². The molecule has 0 spiro atoms. The van der Waals surface area contributed by atoms with Gasteiger partial charge < -0.3 is 21.1 Å². The monoisotopic (exact) mass is 422 g/mol. The Kier molecular flexibility index (Phi) is 9.30. The number of nitrogens with zero attached hydrogens (tertiary/aromatic N) is 1. The predicted octanol–water partition coefficient (Wildman–Crippen LogP) is 2.90. The van der Waals surface area contributed by atoms with Gasteiger partial charge in [0.1, 0.15) is 11.6 Å². The first kappa shape index (κ1) is 23.5. The number of nitrogens with two attached hydrogens (primary N) is 1. The van der Waals surface area contributed by atoms with Crippen molar-refractivity contribution in [3.8, 4) is 0 Å². The number of nitrogen functional groups attached to an aromatic ring is 1. The standard InChI is InChI=1S/C22H31FN4O.ClH/c1-15-8-20(27-22(24)9-15)12-18-13-25-14-21(18)28-7-6-26-16(2)10-17-4-3-5-19(23)11-17;/h3-5,8-9,11,16,18,21,25-26H,6-7,10,12-14H2,1-2H3,(H2,24,27);1H/t16?,18-,21+;/m1./s1. The Bertz CT molecular complexity index is 756. The second-order valence-corrected chi connectivity index (χ2v) is 7.78. The lowest BCUT2D eigenvalue weighted by molar-refractivity contribution is 0.0387. The van der Waals surface area contributed by atoms with Gasteiger partial charge in [0, 0.05) is 37.3 Å². The molecule has 0 aliphatic carbocycles. The smallest absolute Gasteiger partial charge is 0.123 e. The highest BCUT2D eigenvalue weighted by Gasteiger charge is 2.28. The third-order valence-electron chi connectivity index (χ3n) is 5.15. The van der Waals surface area contributed by atoms with E-state index in [9.17, 15) is 4.39 Å². The molecule has 7 heteroatoms. The van der Waals surface area contributed by atoms with Gasteiger partial charge in [0.15, 0.2) is 0 Å². The highest BCUT2D eigenvalue weighted by atomic mass is 35.5. The minimum Gasteiger partial charge on any atom is -0.384 e. The van der Waals surface area contributed by atoms with Crippen molar-refractivity contribution in [2.75, 3.05) is 32.0 Å². The van der Waals surface area contributed by atoms with Crippen LogP contribution in [0, 0.1) is 18.7 Å². The summed E-state index contributed by atoms with van der Waals surface area (Å²) in [6, 6.07) is 11.0. The molecule has 4 N–H and O–H groups in total. The van der Waals surface area contributed by atoms with Crippen LogP contribution in [0.1, 0.15) is 23.7 Å². The van der Waals surface area contributed by atoms with Gasteiger partial charge in [-0.1, -0.05) is 12.1 Å². The molecule has 1 fully saturated rings. The molecule has 0 bridgehead atoms. The Hall–Kier alpha value is -1.73. The van der Waals surface area contributed by atoms with Crippen LogP contribution in [-0.4, -0.2) is 43.4 Å². The Morgan fingerprint density at radius 2 is 2.14 bits per heavy atom. The first-order valence-electron chi connectivity index (χ1n) is 10.0. The van der Waals surface area contributed by atoms with E-state index in [1.165, 1.54) is 6.07 Å². The van der Waals surface area contributed by atoms with Gasteiger partial charge in [0.05, 0.1) is 12.7 Å². The summed E-state index contributed by atoms with van der Waals surface area (Å²) in [6.07, 6.45) is 1.85. The molecule has 2 heterocycles. The highest BCUT2D eigenvalue weighted by molar-refractivity contribution is 5.85. The molecule has 1 aliphatic rings. The maximum Gasteiger partial charge on any atom is 0.123 e. The molecule has 1 aliphatic heterocycles. The number of ether oxygens (including phenoxy) is 1. The molecule has 3 atom stereocenters. The number of aromatic nitrogens is 1. The van der Waals surface area contributed by atoms with Crippen molar-refractivity contribution in [1.29, 1.82) is 0 Å². The second-order valence-electron chi connectivity index (χ2n) is 7.78. The average Bonchev–Trinajstić information content (AvgIpc) is 3.05. The number of halogens is 2. The lowest BCUT2D eigenvalue weighted by atomic mass is 9.99. The van der Waals surface area contributed by atoms with Crippen molar-refractivity contribution in [1.82, 2.24) is 15.6 Å². The maximum atomic E-state index is 13.3. The second kappa shape index (κ2) is 11.5. The van der Waals surface area contributed by atoms with Gasteiger partial charge in [0.25, 0.3) is 0 Å². The summed E-state index contributed by atoms with van der Waals surface area (Å²) < 4.78 is 19.4. The maximum absolute atomic E-state index is 13.3. The van der Waals surface area contributed by atoms with Crippen LogP contribution >= 0.6 is 12.4 Å². The fraction of sp³-hybridized carbons (Fsp3) is 0.500. The molecule has 29 heavy (non-hydrogen) atoms. The number of aryl methyl sites for hydroxylation is 1. The van der Waals surface area contributed by atoms with Crippen LogP contribution in [0.15, 0.2) is 36.4 Å². The largest absolute Gasteiger partial charge is 0.384 e. The van der Waals surface area contributed by atoms with Crippen molar-refractivity contribution in [3.63, 3.8) is 0 Å². The minimum absolute atomic E-state index is 0. The molecule has 1 saturated heterocycles. The Balaban J connectivity index is 0.00000300. The predicted molar refractivity (Wildman–Crippen MR) is 118 cm³/mol. The number of hydrogen-bond donors (Lipinski definition) is 3. The summed E-state index contributed by atoms with van der Waals surface area (Å²) in [7, 11) is 0. The van der Waals surface area contributed by atoms with Gasteiger partial charge in [-0.3, -0.25) is 0 Å². The molecule has 160 valence electrons. The van der Waals surface area contributed by atoms with Crippen molar-refractivity contribution < 1.29 is 9.13 Å². The van der Waals surface area contributed by atoms with Gasteiger partial charge in [-0.25, -0.2) is 9.37 Å². The van der Waals surface area contributed by atoms with E-state index in [-0.39, 0.29) is 30.4 Å². The number of benzene rings is 1. The van der Waals surface area contributed by atoms with Crippen molar-refractivity contribution in [2.45, 2.75) is 38.8 Å². The molecular formula is C22H32ClFN4O. The first-order valence-corrected chi connectivity index (χ1v) is 10.0. The number of anilines is 1. The van der Waals surface area contributed by atoms with Gasteiger partial charge in [0.2, 0.25) is 0 Å². The molecule has 1 unspecified atom stereocenters. The summed E-state index contributed by atoms with van der Waals surface area (Å²) in [6.45, 7) is 7.38. The van der Waals surface area contributed by atoms with Crippen molar-refractivity contribution >= 4 is 18.2 Å². The van der Waals surface area contributed by atoms with Crippen LogP contribution in [0.2, 0.25) is 0 Å². The van der Waals surface area contributed by atoms with Crippen LogP contribution in [0.3, 0.4) is 0 Å². The number of nitrogens with one attached hydrogen (secondary N) is 2. The fourth-order valence-electron chi connectivity index (χ4n) is 3.85. The van der Waals surface area contributed by atoms with Crippen LogP contribution < -0.4 is 16.4 Å². The van der Waals surface area contributed by atoms with E-state index in [0.717, 1.165) is 49.3 Å². The Labute approximate surface area is 179 Å². The molecule has 2 aromatic rings. The fourth-order valence-corrected chi connectivity index (χ4v) is 3.85. The summed E-state index contributed by atoms with van der Waals surface area (Å²) >= 11 is 0. The summed E-state index contributed by atoms with van der Waals surface area (Å²) in [4.78, 5) is 4.45. The third kappa shape index (κ3) is 7.55. The van der Waals surface area contributed by atoms with Gasteiger partial charge in [-0.05, 0) is 62.1 Å². The van der Waals surface area contributed by atoms with E-state index in [0.29, 0.717) is 18.3 Å². The van der Waals surface area contributed by atoms with E-state index in [1.54, 1.807) is 12.1 Å². The number of hydrogen-bond acceptors (Lipinski definition) is 5. The first-order chi connectivity index (χ1) is 13.5. The third-order valence-corrected chi connectivity index (χ3v) is 5.15. The molecule has 5 nitrogen and oxygen atoms in total. The quantitative estimate of drug-likeness (QED) is 0.542. The highest BCUT2D eigenvalue weighted by Crippen LogP contribution is 2.19. The summed E-state index contributed by atoms with van der Waals surface area (Å²) in [5, 5.41) is 6.88. The Morgan fingerprint density at radius 3 is 2.90 bits per heavy atom. The van der Waals surface area contributed by atoms with E-state index < -0.39 is 0 Å². The Morgan fingerprint density at radius 1 is 1.31 bits per heavy atom. The molecule has 3 rings (SSSR count). The minimum atomic E-state index is -0.183. The normalized spacial score (nSPS) is 19.7. The van der Waals surface area contributed by atoms with E-state index in [1.807, 2.05) is 19.1 Å². The van der Waals surface area contributed by atoms with E-state index in [2.05, 4.69) is 28.6 Å². The summed E-state index contributed by atoms with van der Waals surface area (Å²) in [5.74, 6) is 0.797. The molecular weight excluding hydrogens is 391 g/mol. The number of pyridine rings is 1. The summed E-state index contributed by atoms with van der Waals surface area (Å²) in [5.41, 5.74) is 9.05. The SMILES string of the molecule is Cc1cc(N)nc(C[C@@H]2CNC[C@@H]2OCCNC(C)Cc2cccc(F)c2)c1.Cl. The number of rotatable bonds is 9.